The number of methoxy groups -OCH3 is 2. The highest BCUT2D eigenvalue weighted by molar-refractivity contribution is 7.46. The maximum absolute atomic E-state index is 11.4. The normalized spacial score (nSPS) is 42.0. The van der Waals surface area contributed by atoms with Gasteiger partial charge in [-0.25, -0.2) is 4.57 Å². The Balaban J connectivity index is 2.12. The van der Waals surface area contributed by atoms with Gasteiger partial charge in [-0.15, -0.1) is 0 Å². The Kier molecular flexibility index (Phi) is 10.2. The predicted octanol–water partition coefficient (Wildman–Crippen LogP) is -3.52. The topological polar surface area (TPSA) is 198 Å². The van der Waals surface area contributed by atoms with Crippen LogP contribution in [0.1, 0.15) is 0 Å². The molecule has 15 heteroatoms. The minimum absolute atomic E-state index is 0.226. The lowest BCUT2D eigenvalue weighted by Crippen LogP contribution is -2.66. The van der Waals surface area contributed by atoms with Crippen molar-refractivity contribution in [3.63, 3.8) is 0 Å². The van der Waals surface area contributed by atoms with Crippen LogP contribution in [-0.2, 0) is 32.8 Å². The molecule has 7 N–H and O–H groups in total. The van der Waals surface area contributed by atoms with Crippen molar-refractivity contribution in [2.24, 2.45) is 0 Å². The first-order valence-corrected chi connectivity index (χ1v) is 11.2. The lowest BCUT2D eigenvalue weighted by Gasteiger charge is -2.46. The smallest absolute Gasteiger partial charge is 0.394 e. The molecule has 0 bridgehead atoms. The molecule has 2 saturated heterocycles. The molecule has 31 heavy (non-hydrogen) atoms. The summed E-state index contributed by atoms with van der Waals surface area (Å²) in [6.45, 7) is -0.854. The number of rotatable bonds is 10. The first-order valence-electron chi connectivity index (χ1n) is 9.65. The second-order valence-electron chi connectivity index (χ2n) is 7.20. The standard InChI is InChI=1S/C16H33N2O12P/c1-17-9-13(25-3)11(20)8(28-15(9)21)6-27-16-10(18-2)14(26-4)12(7(5-19)29-16)30-31(22,23)24/h7-21H,5-6H2,1-4H3,(H2,22,23,24)/t7?,8?,9?,10?,11-,12-,13-,14-,15+,16-/m1/s1. The van der Waals surface area contributed by atoms with Crippen LogP contribution in [0.25, 0.3) is 0 Å². The summed E-state index contributed by atoms with van der Waals surface area (Å²) in [5.74, 6) is 0. The van der Waals surface area contributed by atoms with Gasteiger partial charge in [-0.05, 0) is 14.1 Å². The summed E-state index contributed by atoms with van der Waals surface area (Å²) < 4.78 is 43.6. The molecule has 14 nitrogen and oxygen atoms in total. The van der Waals surface area contributed by atoms with Crippen molar-refractivity contribution in [3.8, 4) is 0 Å². The number of hydrogen-bond donors (Lipinski definition) is 7. The van der Waals surface area contributed by atoms with E-state index in [1.165, 1.54) is 14.2 Å². The van der Waals surface area contributed by atoms with E-state index in [9.17, 15) is 29.7 Å². The number of phosphoric acid groups is 1. The lowest BCUT2D eigenvalue weighted by molar-refractivity contribution is -0.299. The zero-order valence-electron chi connectivity index (χ0n) is 17.7. The number of ether oxygens (including phenoxy) is 5. The third-order valence-electron chi connectivity index (χ3n) is 5.41. The molecule has 0 aromatic rings. The Morgan fingerprint density at radius 1 is 0.935 bits per heavy atom. The van der Waals surface area contributed by atoms with E-state index < -0.39 is 75.7 Å². The molecule has 2 aliphatic rings. The van der Waals surface area contributed by atoms with E-state index >= 15 is 0 Å². The first-order chi connectivity index (χ1) is 14.6. The van der Waals surface area contributed by atoms with Gasteiger partial charge >= 0.3 is 7.82 Å². The maximum atomic E-state index is 11.4. The molecule has 0 radical (unpaired) electrons. The number of nitrogens with one attached hydrogen (secondary N) is 2. The van der Waals surface area contributed by atoms with E-state index in [0.29, 0.717) is 0 Å². The number of phosphoric ester groups is 1. The Morgan fingerprint density at radius 3 is 2.03 bits per heavy atom. The molecular weight excluding hydrogens is 443 g/mol. The molecule has 0 aliphatic carbocycles. The molecule has 0 spiro atoms. The van der Waals surface area contributed by atoms with Crippen LogP contribution in [0.3, 0.4) is 0 Å². The average Bonchev–Trinajstić information content (AvgIpc) is 2.72. The van der Waals surface area contributed by atoms with Crippen LogP contribution in [0.2, 0.25) is 0 Å². The number of aliphatic hydroxyl groups excluding tert-OH is 3. The van der Waals surface area contributed by atoms with Crippen LogP contribution in [0.15, 0.2) is 0 Å². The molecule has 0 aromatic heterocycles. The van der Waals surface area contributed by atoms with Crippen LogP contribution >= 0.6 is 7.82 Å². The summed E-state index contributed by atoms with van der Waals surface area (Å²) in [6, 6.07) is -1.42. The largest absolute Gasteiger partial charge is 0.470 e. The minimum atomic E-state index is -4.90. The Labute approximate surface area is 180 Å². The fraction of sp³-hybridized carbons (Fsp3) is 1.00. The summed E-state index contributed by atoms with van der Waals surface area (Å²) in [5.41, 5.74) is 0. The quantitative estimate of drug-likeness (QED) is 0.153. The van der Waals surface area contributed by atoms with Gasteiger partial charge in [0.15, 0.2) is 12.6 Å². The van der Waals surface area contributed by atoms with Crippen molar-refractivity contribution in [2.75, 3.05) is 41.5 Å². The fourth-order valence-corrected chi connectivity index (χ4v) is 4.49. The minimum Gasteiger partial charge on any atom is -0.394 e. The van der Waals surface area contributed by atoms with Crippen molar-refractivity contribution in [1.29, 1.82) is 0 Å². The Bertz CT molecular complexity index is 597. The highest BCUT2D eigenvalue weighted by atomic mass is 31.2. The monoisotopic (exact) mass is 476 g/mol. The summed E-state index contributed by atoms with van der Waals surface area (Å²) in [5, 5.41) is 36.1. The van der Waals surface area contributed by atoms with E-state index in [1.807, 2.05) is 0 Å². The maximum Gasteiger partial charge on any atom is 0.470 e. The van der Waals surface area contributed by atoms with Gasteiger partial charge < -0.3 is 59.4 Å². The third-order valence-corrected chi connectivity index (χ3v) is 5.93. The van der Waals surface area contributed by atoms with Gasteiger partial charge in [0, 0.05) is 14.2 Å². The Morgan fingerprint density at radius 2 is 1.55 bits per heavy atom. The molecule has 0 amide bonds. The average molecular weight is 476 g/mol. The summed E-state index contributed by atoms with van der Waals surface area (Å²) in [7, 11) is 0.950. The Hall–Kier alpha value is -0.290. The lowest BCUT2D eigenvalue weighted by atomic mass is 9.96. The fourth-order valence-electron chi connectivity index (χ4n) is 3.91. The summed E-state index contributed by atoms with van der Waals surface area (Å²) >= 11 is 0. The molecule has 10 atom stereocenters. The molecular formula is C16H33N2O12P. The van der Waals surface area contributed by atoms with Crippen LogP contribution in [0.4, 0.5) is 0 Å². The van der Waals surface area contributed by atoms with Crippen LogP contribution in [-0.4, -0.2) is 128 Å². The van der Waals surface area contributed by atoms with Crippen molar-refractivity contribution in [3.05, 3.63) is 0 Å². The number of aliphatic hydroxyl groups is 3. The van der Waals surface area contributed by atoms with Gasteiger partial charge in [-0.2, -0.15) is 0 Å². The zero-order valence-corrected chi connectivity index (χ0v) is 18.6. The van der Waals surface area contributed by atoms with E-state index in [1.54, 1.807) is 14.1 Å². The van der Waals surface area contributed by atoms with Gasteiger partial charge in [0.1, 0.15) is 36.6 Å². The van der Waals surface area contributed by atoms with Crippen molar-refractivity contribution < 1.29 is 57.9 Å². The summed E-state index contributed by atoms with van der Waals surface area (Å²) in [4.78, 5) is 18.4. The van der Waals surface area contributed by atoms with E-state index in [2.05, 4.69) is 10.6 Å². The molecule has 4 unspecified atom stereocenters. The molecule has 0 aromatic carbocycles. The van der Waals surface area contributed by atoms with Crippen LogP contribution in [0, 0.1) is 0 Å². The van der Waals surface area contributed by atoms with Gasteiger partial charge in [0.2, 0.25) is 0 Å². The SMILES string of the molecule is CNC1[C@H](OCC2O[C@H](O)C(NC)[C@@H](OC)[C@@H]2O)OC(CO)[C@@H](OP(=O)(O)O)[C@@H]1OC. The van der Waals surface area contributed by atoms with E-state index in [4.69, 9.17) is 28.2 Å². The first kappa shape index (κ1) is 27.0. The zero-order chi connectivity index (χ0) is 23.3. The third kappa shape index (κ3) is 6.40. The molecule has 2 heterocycles. The van der Waals surface area contributed by atoms with Crippen LogP contribution in [0.5, 0.6) is 0 Å². The van der Waals surface area contributed by atoms with Gasteiger partial charge in [-0.1, -0.05) is 0 Å². The second-order valence-corrected chi connectivity index (χ2v) is 8.40. The molecule has 184 valence electrons. The van der Waals surface area contributed by atoms with Gasteiger partial charge in [0.25, 0.3) is 0 Å². The highest BCUT2D eigenvalue weighted by Gasteiger charge is 2.50. The van der Waals surface area contributed by atoms with E-state index in [-0.39, 0.29) is 6.61 Å². The number of likely N-dealkylation sites (N-methyl/N-ethyl adjacent to an activating group) is 2. The van der Waals surface area contributed by atoms with Gasteiger partial charge in [-0.3, -0.25) is 4.52 Å². The van der Waals surface area contributed by atoms with Crippen molar-refractivity contribution in [1.82, 2.24) is 10.6 Å². The molecule has 2 rings (SSSR count). The van der Waals surface area contributed by atoms with Gasteiger partial charge in [0.05, 0.1) is 25.3 Å². The molecule has 0 saturated carbocycles. The van der Waals surface area contributed by atoms with Crippen molar-refractivity contribution in [2.45, 2.75) is 61.3 Å². The molecule has 2 fully saturated rings. The highest BCUT2D eigenvalue weighted by Crippen LogP contribution is 2.42. The summed E-state index contributed by atoms with van der Waals surface area (Å²) in [6.07, 6.45) is -8.64. The van der Waals surface area contributed by atoms with Crippen molar-refractivity contribution >= 4 is 7.82 Å². The predicted molar refractivity (Wildman–Crippen MR) is 103 cm³/mol. The number of hydrogen-bond acceptors (Lipinski definition) is 12. The van der Waals surface area contributed by atoms with E-state index in [0.717, 1.165) is 0 Å². The second kappa shape index (κ2) is 11.7. The molecule has 2 aliphatic heterocycles. The van der Waals surface area contributed by atoms with Crippen LogP contribution < -0.4 is 10.6 Å².